The summed E-state index contributed by atoms with van der Waals surface area (Å²) < 4.78 is 1.54. The van der Waals surface area contributed by atoms with Crippen LogP contribution in [0.2, 0.25) is 0 Å². The fourth-order valence-electron chi connectivity index (χ4n) is 2.84. The van der Waals surface area contributed by atoms with E-state index in [1.807, 2.05) is 23.1 Å². The monoisotopic (exact) mass is 336 g/mol. The van der Waals surface area contributed by atoms with E-state index in [0.717, 1.165) is 16.9 Å². The van der Waals surface area contributed by atoms with Gasteiger partial charge in [0.15, 0.2) is 0 Å². The first kappa shape index (κ1) is 15.2. The maximum atomic E-state index is 12.8. The molecule has 0 saturated heterocycles. The Kier molecular flexibility index (Phi) is 3.81. The van der Waals surface area contributed by atoms with Gasteiger partial charge in [-0.15, -0.1) is 10.2 Å². The van der Waals surface area contributed by atoms with Crippen molar-refractivity contribution in [3.63, 3.8) is 0 Å². The van der Waals surface area contributed by atoms with Gasteiger partial charge in [-0.1, -0.05) is 0 Å². The normalized spacial score (nSPS) is 13.4. The molecular weight excluding hydrogens is 320 g/mol. The van der Waals surface area contributed by atoms with E-state index in [1.54, 1.807) is 23.9 Å². The maximum Gasteiger partial charge on any atom is 0.254 e. The van der Waals surface area contributed by atoms with Crippen LogP contribution >= 0.6 is 0 Å². The fraction of sp³-hybridized carbons (Fsp3) is 0.250. The second-order valence-corrected chi connectivity index (χ2v) is 5.73. The van der Waals surface area contributed by atoms with Crippen molar-refractivity contribution >= 4 is 11.7 Å². The molecule has 0 aliphatic carbocycles. The van der Waals surface area contributed by atoms with Crippen molar-refractivity contribution < 1.29 is 4.79 Å². The van der Waals surface area contributed by atoms with Gasteiger partial charge in [-0.2, -0.15) is 5.10 Å². The number of carbonyl (C=O) groups excluding carboxylic acids is 1. The Bertz CT molecular complexity index is 891. The van der Waals surface area contributed by atoms with Crippen molar-refractivity contribution in [2.45, 2.75) is 13.0 Å². The second kappa shape index (κ2) is 6.27. The highest BCUT2D eigenvalue weighted by Gasteiger charge is 2.23. The summed E-state index contributed by atoms with van der Waals surface area (Å²) in [4.78, 5) is 14.6. The van der Waals surface area contributed by atoms with Crippen molar-refractivity contribution in [1.29, 1.82) is 0 Å². The summed E-state index contributed by atoms with van der Waals surface area (Å²) in [6, 6.07) is 9.18. The van der Waals surface area contributed by atoms with Crippen LogP contribution in [0.25, 0.3) is 5.69 Å². The highest BCUT2D eigenvalue weighted by molar-refractivity contribution is 5.94. The zero-order valence-electron chi connectivity index (χ0n) is 13.6. The average Bonchev–Trinajstić information content (AvgIpc) is 3.21. The SMILES string of the molecule is CNc1cc2c(nn1)CCN(C(=O)c1ccc(-n3cnnn3)cc1)C2. The van der Waals surface area contributed by atoms with Crippen LogP contribution in [0.5, 0.6) is 0 Å². The summed E-state index contributed by atoms with van der Waals surface area (Å²) in [5.41, 5.74) is 3.43. The number of nitrogens with zero attached hydrogens (tertiary/aromatic N) is 7. The maximum absolute atomic E-state index is 12.8. The lowest BCUT2D eigenvalue weighted by Gasteiger charge is -2.28. The first-order valence-electron chi connectivity index (χ1n) is 7.90. The van der Waals surface area contributed by atoms with Crippen molar-refractivity contribution in [2.24, 2.45) is 0 Å². The zero-order chi connectivity index (χ0) is 17.2. The minimum absolute atomic E-state index is 0.00302. The molecule has 0 spiro atoms. The van der Waals surface area contributed by atoms with Crippen LogP contribution in [0.15, 0.2) is 36.7 Å². The molecule has 3 aromatic rings. The first-order chi connectivity index (χ1) is 12.2. The molecule has 9 nitrogen and oxygen atoms in total. The van der Waals surface area contributed by atoms with Gasteiger partial charge in [0, 0.05) is 32.1 Å². The molecule has 0 radical (unpaired) electrons. The minimum Gasteiger partial charge on any atom is -0.372 e. The van der Waals surface area contributed by atoms with Gasteiger partial charge in [-0.3, -0.25) is 4.79 Å². The lowest BCUT2D eigenvalue weighted by atomic mass is 10.0. The molecule has 0 bridgehead atoms. The summed E-state index contributed by atoms with van der Waals surface area (Å²) in [6.07, 6.45) is 2.22. The van der Waals surface area contributed by atoms with Gasteiger partial charge in [0.1, 0.15) is 12.1 Å². The Hall–Kier alpha value is -3.36. The van der Waals surface area contributed by atoms with Crippen molar-refractivity contribution in [3.8, 4) is 5.69 Å². The third kappa shape index (κ3) is 2.91. The lowest BCUT2D eigenvalue weighted by Crippen LogP contribution is -2.36. The van der Waals surface area contributed by atoms with Crippen LogP contribution in [0.3, 0.4) is 0 Å². The Morgan fingerprint density at radius 3 is 2.76 bits per heavy atom. The topological polar surface area (TPSA) is 102 Å². The van der Waals surface area contributed by atoms with Gasteiger partial charge in [-0.25, -0.2) is 4.68 Å². The Labute approximate surface area is 143 Å². The number of hydrogen-bond donors (Lipinski definition) is 1. The average molecular weight is 336 g/mol. The molecule has 25 heavy (non-hydrogen) atoms. The number of rotatable bonds is 3. The van der Waals surface area contributed by atoms with E-state index in [0.29, 0.717) is 30.9 Å². The van der Waals surface area contributed by atoms with Crippen molar-refractivity contribution in [1.82, 2.24) is 35.3 Å². The molecule has 126 valence electrons. The van der Waals surface area contributed by atoms with Gasteiger partial charge in [0.05, 0.1) is 11.4 Å². The summed E-state index contributed by atoms with van der Waals surface area (Å²) in [6.45, 7) is 1.17. The van der Waals surface area contributed by atoms with Gasteiger partial charge < -0.3 is 10.2 Å². The Morgan fingerprint density at radius 1 is 1.20 bits per heavy atom. The van der Waals surface area contributed by atoms with E-state index in [2.05, 4.69) is 31.0 Å². The van der Waals surface area contributed by atoms with Crippen LogP contribution in [0.1, 0.15) is 21.6 Å². The highest BCUT2D eigenvalue weighted by Crippen LogP contribution is 2.21. The molecule has 1 N–H and O–H groups in total. The van der Waals surface area contributed by atoms with Gasteiger partial charge in [0.2, 0.25) is 0 Å². The van der Waals surface area contributed by atoms with E-state index in [9.17, 15) is 4.79 Å². The molecular formula is C16H16N8O. The van der Waals surface area contributed by atoms with E-state index in [4.69, 9.17) is 0 Å². The van der Waals surface area contributed by atoms with E-state index >= 15 is 0 Å². The third-order valence-corrected chi connectivity index (χ3v) is 4.21. The summed E-state index contributed by atoms with van der Waals surface area (Å²) in [5, 5.41) is 22.3. The quantitative estimate of drug-likeness (QED) is 0.751. The predicted octanol–water partition coefficient (Wildman–Crippen LogP) is 0.692. The van der Waals surface area contributed by atoms with E-state index in [-0.39, 0.29) is 5.91 Å². The van der Waals surface area contributed by atoms with Crippen LogP contribution in [-0.2, 0) is 13.0 Å². The smallest absolute Gasteiger partial charge is 0.254 e. The molecule has 1 amide bonds. The standard InChI is InChI=1S/C16H16N8O/c1-17-15-8-12-9-23(7-6-14(12)19-20-15)16(25)11-2-4-13(5-3-11)24-10-18-21-22-24/h2-5,8,10H,6-7,9H2,1H3,(H,17,20). The molecule has 2 aromatic heterocycles. The molecule has 1 aliphatic heterocycles. The predicted molar refractivity (Wildman–Crippen MR) is 89.2 cm³/mol. The van der Waals surface area contributed by atoms with Crippen LogP contribution in [-0.4, -0.2) is 54.8 Å². The Morgan fingerprint density at radius 2 is 2.04 bits per heavy atom. The number of nitrogens with one attached hydrogen (secondary N) is 1. The van der Waals surface area contributed by atoms with Gasteiger partial charge >= 0.3 is 0 Å². The minimum atomic E-state index is -0.00302. The molecule has 0 unspecified atom stereocenters. The molecule has 0 saturated carbocycles. The van der Waals surface area contributed by atoms with Crippen LogP contribution < -0.4 is 5.32 Å². The van der Waals surface area contributed by atoms with Crippen molar-refractivity contribution in [3.05, 3.63) is 53.5 Å². The summed E-state index contributed by atoms with van der Waals surface area (Å²) in [7, 11) is 1.80. The molecule has 0 fully saturated rings. The third-order valence-electron chi connectivity index (χ3n) is 4.21. The van der Waals surface area contributed by atoms with Crippen LogP contribution in [0, 0.1) is 0 Å². The molecule has 4 rings (SSSR count). The number of benzene rings is 1. The van der Waals surface area contributed by atoms with E-state index < -0.39 is 0 Å². The number of aromatic nitrogens is 6. The van der Waals surface area contributed by atoms with Gasteiger partial charge in [-0.05, 0) is 46.3 Å². The first-order valence-corrected chi connectivity index (χ1v) is 7.90. The number of anilines is 1. The summed E-state index contributed by atoms with van der Waals surface area (Å²) >= 11 is 0. The highest BCUT2D eigenvalue weighted by atomic mass is 16.2. The number of tetrazole rings is 1. The lowest BCUT2D eigenvalue weighted by molar-refractivity contribution is 0.0733. The van der Waals surface area contributed by atoms with Gasteiger partial charge in [0.25, 0.3) is 5.91 Å². The van der Waals surface area contributed by atoms with E-state index in [1.165, 1.54) is 6.33 Å². The number of fused-ring (bicyclic) bond motifs is 1. The number of hydrogen-bond acceptors (Lipinski definition) is 7. The largest absolute Gasteiger partial charge is 0.372 e. The second-order valence-electron chi connectivity index (χ2n) is 5.73. The Balaban J connectivity index is 1.53. The van der Waals surface area contributed by atoms with Crippen molar-refractivity contribution in [2.75, 3.05) is 18.9 Å². The zero-order valence-corrected chi connectivity index (χ0v) is 13.6. The molecule has 3 heterocycles. The number of carbonyl (C=O) groups is 1. The molecule has 1 aromatic carbocycles. The molecule has 9 heteroatoms. The fourth-order valence-corrected chi connectivity index (χ4v) is 2.84. The molecule has 0 atom stereocenters. The number of amides is 1. The molecule has 1 aliphatic rings. The summed E-state index contributed by atoms with van der Waals surface area (Å²) in [5.74, 6) is 0.704. The van der Waals surface area contributed by atoms with Crippen LogP contribution in [0.4, 0.5) is 5.82 Å².